The van der Waals surface area contributed by atoms with E-state index in [0.29, 0.717) is 37.6 Å². The van der Waals surface area contributed by atoms with Crippen LogP contribution in [-0.2, 0) is 21.2 Å². The highest BCUT2D eigenvalue weighted by atomic mass is 35.5. The van der Waals surface area contributed by atoms with Gasteiger partial charge < -0.3 is 9.80 Å². The second kappa shape index (κ2) is 9.54. The molecule has 2 aromatic carbocycles. The average molecular weight is 472 g/mol. The van der Waals surface area contributed by atoms with Gasteiger partial charge in [0.2, 0.25) is 5.91 Å². The maximum atomic E-state index is 12.6. The summed E-state index contributed by atoms with van der Waals surface area (Å²) in [7, 11) is -3.73. The van der Waals surface area contributed by atoms with Gasteiger partial charge in [-0.25, -0.2) is 18.4 Å². The lowest BCUT2D eigenvalue weighted by molar-refractivity contribution is -0.130. The number of rotatable bonds is 6. The van der Waals surface area contributed by atoms with E-state index in [1.165, 1.54) is 18.6 Å². The second-order valence-electron chi connectivity index (χ2n) is 7.37. The Morgan fingerprint density at radius 1 is 1.03 bits per heavy atom. The smallest absolute Gasteiger partial charge is 0.263 e. The Morgan fingerprint density at radius 2 is 1.78 bits per heavy atom. The number of benzene rings is 2. The van der Waals surface area contributed by atoms with E-state index in [4.69, 9.17) is 11.6 Å². The first kappa shape index (κ1) is 22.0. The number of halogens is 1. The van der Waals surface area contributed by atoms with Gasteiger partial charge in [0.05, 0.1) is 11.3 Å². The van der Waals surface area contributed by atoms with Crippen molar-refractivity contribution in [2.75, 3.05) is 35.8 Å². The fraction of sp³-hybridized carbons (Fsp3) is 0.227. The van der Waals surface area contributed by atoms with Gasteiger partial charge in [-0.2, -0.15) is 0 Å². The molecule has 1 saturated heterocycles. The zero-order valence-corrected chi connectivity index (χ0v) is 18.8. The fourth-order valence-corrected chi connectivity index (χ4v) is 4.75. The minimum Gasteiger partial charge on any atom is -0.368 e. The molecule has 8 nitrogen and oxygen atoms in total. The Bertz CT molecular complexity index is 1180. The van der Waals surface area contributed by atoms with Crippen molar-refractivity contribution in [2.45, 2.75) is 11.3 Å². The molecule has 0 bridgehead atoms. The van der Waals surface area contributed by atoms with Crippen LogP contribution in [0.15, 0.2) is 72.0 Å². The third kappa shape index (κ3) is 5.35. The number of hydrogen-bond acceptors (Lipinski definition) is 6. The van der Waals surface area contributed by atoms with Gasteiger partial charge in [-0.05, 0) is 48.0 Å². The molecule has 3 aromatic rings. The molecule has 0 radical (unpaired) electrons. The van der Waals surface area contributed by atoms with E-state index in [-0.39, 0.29) is 16.6 Å². The lowest BCUT2D eigenvalue weighted by Crippen LogP contribution is -2.49. The largest absolute Gasteiger partial charge is 0.368 e. The molecule has 166 valence electrons. The van der Waals surface area contributed by atoms with Gasteiger partial charge in [-0.1, -0.05) is 23.7 Å². The van der Waals surface area contributed by atoms with Gasteiger partial charge in [0.15, 0.2) is 0 Å². The topological polar surface area (TPSA) is 95.5 Å². The SMILES string of the molecule is O=C(Cc1cccc(Cl)c1)N1CCN(c2ccc(S(=O)(=O)Nc3ccncn3)cc2)CC1. The van der Waals surface area contributed by atoms with Gasteiger partial charge in [-0.15, -0.1) is 0 Å². The van der Waals surface area contributed by atoms with Gasteiger partial charge in [0, 0.05) is 43.1 Å². The molecule has 1 amide bonds. The van der Waals surface area contributed by atoms with E-state index in [0.717, 1.165) is 11.3 Å². The van der Waals surface area contributed by atoms with Gasteiger partial charge in [-0.3, -0.25) is 9.52 Å². The highest BCUT2D eigenvalue weighted by Gasteiger charge is 2.22. The average Bonchev–Trinajstić information content (AvgIpc) is 2.80. The molecule has 1 aromatic heterocycles. The molecule has 32 heavy (non-hydrogen) atoms. The van der Waals surface area contributed by atoms with Gasteiger partial charge >= 0.3 is 0 Å². The Labute approximate surface area is 191 Å². The number of sulfonamides is 1. The van der Waals surface area contributed by atoms with Crippen LogP contribution in [0.1, 0.15) is 5.56 Å². The van der Waals surface area contributed by atoms with Crippen LogP contribution < -0.4 is 9.62 Å². The van der Waals surface area contributed by atoms with Crippen molar-refractivity contribution in [1.82, 2.24) is 14.9 Å². The van der Waals surface area contributed by atoms with Crippen LogP contribution in [0.2, 0.25) is 5.02 Å². The van der Waals surface area contributed by atoms with E-state index in [2.05, 4.69) is 19.6 Å². The summed E-state index contributed by atoms with van der Waals surface area (Å²) >= 11 is 6.00. The number of piperazine rings is 1. The lowest BCUT2D eigenvalue weighted by atomic mass is 10.1. The Kier molecular flexibility index (Phi) is 6.57. The number of hydrogen-bond donors (Lipinski definition) is 1. The molecule has 1 N–H and O–H groups in total. The third-order valence-electron chi connectivity index (χ3n) is 5.21. The maximum absolute atomic E-state index is 12.6. The van der Waals surface area contributed by atoms with Crippen LogP contribution in [0.5, 0.6) is 0 Å². The first-order valence-corrected chi connectivity index (χ1v) is 11.9. The predicted octanol–water partition coefficient (Wildman–Crippen LogP) is 2.82. The summed E-state index contributed by atoms with van der Waals surface area (Å²) < 4.78 is 27.5. The van der Waals surface area contributed by atoms with E-state index in [9.17, 15) is 13.2 Å². The molecule has 2 heterocycles. The maximum Gasteiger partial charge on any atom is 0.263 e. The molecule has 4 rings (SSSR count). The minimum absolute atomic E-state index is 0.0733. The van der Waals surface area contributed by atoms with E-state index < -0.39 is 10.0 Å². The van der Waals surface area contributed by atoms with Crippen molar-refractivity contribution in [3.8, 4) is 0 Å². The molecular formula is C22H22ClN5O3S. The highest BCUT2D eigenvalue weighted by molar-refractivity contribution is 7.92. The monoisotopic (exact) mass is 471 g/mol. The van der Waals surface area contributed by atoms with Crippen molar-refractivity contribution in [3.05, 3.63) is 77.7 Å². The first-order valence-electron chi connectivity index (χ1n) is 10.1. The standard InChI is InChI=1S/C22H22ClN5O3S/c23-18-3-1-2-17(14-18)15-22(29)28-12-10-27(11-13-28)19-4-6-20(7-5-19)32(30,31)26-21-8-9-24-16-25-21/h1-9,14,16H,10-13,15H2,(H,24,25,26). The van der Waals surface area contributed by atoms with E-state index in [1.807, 2.05) is 23.1 Å². The van der Waals surface area contributed by atoms with Crippen LogP contribution in [0.3, 0.4) is 0 Å². The summed E-state index contributed by atoms with van der Waals surface area (Å²) in [6.07, 6.45) is 3.07. The predicted molar refractivity (Wildman–Crippen MR) is 123 cm³/mol. The molecule has 0 aliphatic carbocycles. The Balaban J connectivity index is 1.34. The number of carbonyl (C=O) groups excluding carboxylic acids is 1. The molecule has 1 aliphatic heterocycles. The number of aromatic nitrogens is 2. The molecule has 0 spiro atoms. The highest BCUT2D eigenvalue weighted by Crippen LogP contribution is 2.21. The lowest BCUT2D eigenvalue weighted by Gasteiger charge is -2.36. The molecule has 0 saturated carbocycles. The van der Waals surface area contributed by atoms with Crippen LogP contribution in [0, 0.1) is 0 Å². The zero-order chi connectivity index (χ0) is 22.6. The van der Waals surface area contributed by atoms with E-state index in [1.54, 1.807) is 30.3 Å². The number of nitrogens with one attached hydrogen (secondary N) is 1. The second-order valence-corrected chi connectivity index (χ2v) is 9.49. The summed E-state index contributed by atoms with van der Waals surface area (Å²) in [5.41, 5.74) is 1.81. The van der Waals surface area contributed by atoms with Crippen molar-refractivity contribution >= 4 is 39.0 Å². The van der Waals surface area contributed by atoms with Crippen LogP contribution in [0.25, 0.3) is 0 Å². The van der Waals surface area contributed by atoms with Crippen molar-refractivity contribution in [3.63, 3.8) is 0 Å². The summed E-state index contributed by atoms with van der Waals surface area (Å²) in [4.78, 5) is 24.4. The van der Waals surface area contributed by atoms with Crippen molar-refractivity contribution in [1.29, 1.82) is 0 Å². The summed E-state index contributed by atoms with van der Waals surface area (Å²) in [5, 5.41) is 0.623. The number of anilines is 2. The Morgan fingerprint density at radius 3 is 2.44 bits per heavy atom. The first-order chi connectivity index (χ1) is 15.4. The molecule has 10 heteroatoms. The fourth-order valence-electron chi connectivity index (χ4n) is 3.53. The van der Waals surface area contributed by atoms with Gasteiger partial charge in [0.25, 0.3) is 10.0 Å². The van der Waals surface area contributed by atoms with Crippen LogP contribution >= 0.6 is 11.6 Å². The summed E-state index contributed by atoms with van der Waals surface area (Å²) in [5.74, 6) is 0.284. The van der Waals surface area contributed by atoms with Crippen LogP contribution in [-0.4, -0.2) is 55.4 Å². The number of nitrogens with zero attached hydrogens (tertiary/aromatic N) is 4. The third-order valence-corrected chi connectivity index (χ3v) is 6.82. The Hall–Kier alpha value is -3.17. The number of amides is 1. The summed E-state index contributed by atoms with van der Waals surface area (Å²) in [6.45, 7) is 2.56. The molecular weight excluding hydrogens is 450 g/mol. The molecule has 0 unspecified atom stereocenters. The summed E-state index contributed by atoms with van der Waals surface area (Å²) in [6, 6.07) is 15.5. The van der Waals surface area contributed by atoms with Crippen molar-refractivity contribution in [2.24, 2.45) is 0 Å². The zero-order valence-electron chi connectivity index (χ0n) is 17.2. The van der Waals surface area contributed by atoms with Gasteiger partial charge in [0.1, 0.15) is 12.1 Å². The van der Waals surface area contributed by atoms with E-state index >= 15 is 0 Å². The van der Waals surface area contributed by atoms with Crippen LogP contribution in [0.4, 0.5) is 11.5 Å². The quantitative estimate of drug-likeness (QED) is 0.594. The molecule has 1 aliphatic rings. The van der Waals surface area contributed by atoms with Crippen molar-refractivity contribution < 1.29 is 13.2 Å². The minimum atomic E-state index is -3.73. The number of carbonyl (C=O) groups is 1. The normalized spacial score (nSPS) is 14.3. The molecule has 1 fully saturated rings. The molecule has 0 atom stereocenters.